The lowest BCUT2D eigenvalue weighted by Crippen LogP contribution is -2.63. The van der Waals surface area contributed by atoms with Crippen molar-refractivity contribution in [3.05, 3.63) is 0 Å². The standard InChI is InChI=1S/C50H92O21/c1-8-37(57)26(4)43(63)27(5)44(64)28(6)45(65)29(7)47-46(66)38(58)14-10-13-31(52)17-33(54)18-34(55)19-35(56)20-36-22-41(61)50(69,49(68)70-36)48(67)24(2)15-16-30(51)11-9-12-32(53)21-39(59)25(3)40(60)23-42(62)71-47/h24-40,43-48,51-60,63-67,69H,8-23H2,1-7H3/t24-,25+,26+,27+,28+,29+,30-,31-,32+,33+,34+,35-,36+,37+,38-,39-,40-,43+,44+,45+,46-,47-,48-,50-/m1/s1. The van der Waals surface area contributed by atoms with Crippen LogP contribution in [-0.4, -0.2) is 209 Å². The monoisotopic (exact) mass is 1030 g/mol. The highest BCUT2D eigenvalue weighted by Gasteiger charge is 2.57. The number of hydrogen-bond acceptors (Lipinski definition) is 21. The molecular weight excluding hydrogens is 937 g/mol. The highest BCUT2D eigenvalue weighted by molar-refractivity contribution is 6.09. The van der Waals surface area contributed by atoms with Crippen LogP contribution in [0.15, 0.2) is 0 Å². The molecule has 0 aromatic rings. The third-order valence-electron chi connectivity index (χ3n) is 15.5. The molecule has 3 rings (SSSR count). The van der Waals surface area contributed by atoms with E-state index in [9.17, 15) is 96.1 Å². The van der Waals surface area contributed by atoms with Gasteiger partial charge < -0.3 is 91.2 Å². The molecule has 0 amide bonds. The van der Waals surface area contributed by atoms with Crippen molar-refractivity contribution in [1.82, 2.24) is 0 Å². The number of hydrogen-bond donors (Lipinski definition) is 16. The fourth-order valence-corrected chi connectivity index (χ4v) is 10.1. The maximum Gasteiger partial charge on any atom is 0.349 e. The summed E-state index contributed by atoms with van der Waals surface area (Å²) < 4.78 is 10.9. The van der Waals surface area contributed by atoms with Gasteiger partial charge in [0.25, 0.3) is 0 Å². The van der Waals surface area contributed by atoms with Gasteiger partial charge in [-0.25, -0.2) is 4.79 Å². The van der Waals surface area contributed by atoms with Crippen LogP contribution in [0.1, 0.15) is 151 Å². The first-order valence-electron chi connectivity index (χ1n) is 25.8. The van der Waals surface area contributed by atoms with Gasteiger partial charge in [0.15, 0.2) is 5.78 Å². The summed E-state index contributed by atoms with van der Waals surface area (Å²) >= 11 is 0. The van der Waals surface area contributed by atoms with E-state index in [1.54, 1.807) is 20.8 Å². The van der Waals surface area contributed by atoms with E-state index in [0.717, 1.165) is 0 Å². The molecule has 3 heterocycles. The molecule has 21 heteroatoms. The summed E-state index contributed by atoms with van der Waals surface area (Å²) in [5.74, 6) is -9.16. The number of carbonyl (C=O) groups is 3. The third-order valence-corrected chi connectivity index (χ3v) is 15.5. The number of Topliss-reactive ketones (excluding diaryl/α,β-unsaturated/α-hetero) is 1. The Kier molecular flexibility index (Phi) is 28.0. The van der Waals surface area contributed by atoms with Crippen molar-refractivity contribution in [2.24, 2.45) is 35.5 Å². The second-order valence-electron chi connectivity index (χ2n) is 21.5. The van der Waals surface area contributed by atoms with Crippen molar-refractivity contribution >= 4 is 17.7 Å². The van der Waals surface area contributed by atoms with Crippen molar-refractivity contribution < 1.29 is 106 Å². The molecule has 0 aliphatic carbocycles. The first-order valence-corrected chi connectivity index (χ1v) is 25.8. The van der Waals surface area contributed by atoms with Crippen LogP contribution < -0.4 is 0 Å². The summed E-state index contributed by atoms with van der Waals surface area (Å²) in [6.07, 6.45) is -25.2. The zero-order chi connectivity index (χ0) is 54.2. The first kappa shape index (κ1) is 65.1. The molecule has 0 aromatic heterocycles. The molecule has 418 valence electrons. The van der Waals surface area contributed by atoms with Gasteiger partial charge in [0, 0.05) is 42.4 Å². The predicted molar refractivity (Wildman–Crippen MR) is 254 cm³/mol. The van der Waals surface area contributed by atoms with Gasteiger partial charge in [-0.3, -0.25) is 9.59 Å². The number of rotatable bonds is 9. The van der Waals surface area contributed by atoms with Gasteiger partial charge in [-0.2, -0.15) is 0 Å². The maximum absolute atomic E-state index is 13.5. The number of carbonyl (C=O) groups excluding carboxylic acids is 3. The van der Waals surface area contributed by atoms with Gasteiger partial charge in [-0.1, -0.05) is 48.5 Å². The van der Waals surface area contributed by atoms with Crippen molar-refractivity contribution in [3.63, 3.8) is 0 Å². The Morgan fingerprint density at radius 1 is 0.549 bits per heavy atom. The lowest BCUT2D eigenvalue weighted by molar-refractivity contribution is -0.202. The molecular formula is C50H92O21. The van der Waals surface area contributed by atoms with Crippen molar-refractivity contribution in [3.8, 4) is 0 Å². The summed E-state index contributed by atoms with van der Waals surface area (Å²) in [5.41, 5.74) is -2.90. The van der Waals surface area contributed by atoms with E-state index in [0.29, 0.717) is 6.42 Å². The van der Waals surface area contributed by atoms with Gasteiger partial charge >= 0.3 is 11.9 Å². The Morgan fingerprint density at radius 3 is 1.61 bits per heavy atom. The Morgan fingerprint density at radius 2 is 1.04 bits per heavy atom. The predicted octanol–water partition coefficient (Wildman–Crippen LogP) is -1.37. The fraction of sp³-hybridized carbons (Fsp3) is 0.940. The molecule has 16 N–H and O–H groups in total. The van der Waals surface area contributed by atoms with E-state index >= 15 is 0 Å². The van der Waals surface area contributed by atoms with Gasteiger partial charge in [-0.05, 0) is 89.4 Å². The number of aliphatic hydroxyl groups excluding tert-OH is 15. The average Bonchev–Trinajstić information content (AvgIpc) is 3.30. The minimum atomic E-state index is -2.90. The zero-order valence-electron chi connectivity index (χ0n) is 42.8. The second-order valence-corrected chi connectivity index (χ2v) is 21.5. The third kappa shape index (κ3) is 19.6. The molecule has 24 atom stereocenters. The second kappa shape index (κ2) is 30.5. The smallest absolute Gasteiger partial charge is 0.349 e. The summed E-state index contributed by atoms with van der Waals surface area (Å²) in [5, 5.41) is 175. The highest BCUT2D eigenvalue weighted by atomic mass is 16.6. The number of ketones is 1. The minimum absolute atomic E-state index is 0.0270. The molecule has 0 unspecified atom stereocenters. The van der Waals surface area contributed by atoms with Crippen LogP contribution in [0.2, 0.25) is 0 Å². The van der Waals surface area contributed by atoms with Crippen molar-refractivity contribution in [2.75, 3.05) is 0 Å². The molecule has 3 fully saturated rings. The molecule has 0 saturated carbocycles. The molecule has 3 saturated heterocycles. The van der Waals surface area contributed by atoms with Crippen molar-refractivity contribution in [1.29, 1.82) is 0 Å². The minimum Gasteiger partial charge on any atom is -0.459 e. The number of aliphatic hydroxyl groups is 16. The normalized spacial score (nSPS) is 39.9. The van der Waals surface area contributed by atoms with Crippen LogP contribution in [0.3, 0.4) is 0 Å². The molecule has 0 spiro atoms. The van der Waals surface area contributed by atoms with Gasteiger partial charge in [0.05, 0.1) is 85.8 Å². The van der Waals surface area contributed by atoms with Crippen LogP contribution in [0.25, 0.3) is 0 Å². The Balaban J connectivity index is 2.32. The van der Waals surface area contributed by atoms with E-state index in [1.165, 1.54) is 27.7 Å². The molecule has 3 aliphatic heterocycles. The number of esters is 2. The van der Waals surface area contributed by atoms with Gasteiger partial charge in [0.2, 0.25) is 5.60 Å². The van der Waals surface area contributed by atoms with E-state index < -0.39 is 175 Å². The molecule has 2 bridgehead atoms. The van der Waals surface area contributed by atoms with Crippen molar-refractivity contribution in [2.45, 2.75) is 261 Å². The van der Waals surface area contributed by atoms with E-state index in [-0.39, 0.29) is 83.5 Å². The molecule has 71 heavy (non-hydrogen) atoms. The lowest BCUT2D eigenvalue weighted by Gasteiger charge is -2.39. The number of fused-ring (bicyclic) bond motifs is 31. The van der Waals surface area contributed by atoms with E-state index in [2.05, 4.69) is 0 Å². The van der Waals surface area contributed by atoms with E-state index in [1.807, 2.05) is 0 Å². The SMILES string of the molecule is CC[C@H](O)[C@H](C)[C@H](O)[C@H](C)[C@H](O)[C@H](C)[C@H](O)[C@H](C)[C@H]1OC(=O)C[C@@H](O)[C@@H](C)[C@H](O)C[C@@H](O)CCC[C@@H](O)CC[C@@H](C)[C@@H](O)[C@]2(O)C(=O)C[C@H](C[C@H](O)C[C@@H](O)C[C@@H](O)C[C@H](O)CCC[C@@H](O)[C@H]1O)OC2=O. The van der Waals surface area contributed by atoms with Crippen LogP contribution >= 0.6 is 0 Å². The molecule has 21 nitrogen and oxygen atoms in total. The quantitative estimate of drug-likeness (QED) is 0.0936. The lowest BCUT2D eigenvalue weighted by atomic mass is 9.76. The van der Waals surface area contributed by atoms with Crippen LogP contribution in [0, 0.1) is 35.5 Å². The Bertz CT molecular complexity index is 1540. The topological polar surface area (TPSA) is 393 Å². The zero-order valence-corrected chi connectivity index (χ0v) is 42.8. The summed E-state index contributed by atoms with van der Waals surface area (Å²) in [6.45, 7) is 10.7. The van der Waals surface area contributed by atoms with Crippen LogP contribution in [-0.2, 0) is 23.9 Å². The van der Waals surface area contributed by atoms with Crippen LogP contribution in [0.4, 0.5) is 0 Å². The summed E-state index contributed by atoms with van der Waals surface area (Å²) in [4.78, 5) is 39.6. The highest BCUT2D eigenvalue weighted by Crippen LogP contribution is 2.34. The summed E-state index contributed by atoms with van der Waals surface area (Å²) in [7, 11) is 0. The molecule has 0 radical (unpaired) electrons. The first-order chi connectivity index (χ1) is 33.0. The maximum atomic E-state index is 13.5. The largest absolute Gasteiger partial charge is 0.459 e. The Hall–Kier alpha value is -2.03. The van der Waals surface area contributed by atoms with Gasteiger partial charge in [-0.15, -0.1) is 0 Å². The molecule has 0 aromatic carbocycles. The molecule has 3 aliphatic rings. The number of ether oxygens (including phenoxy) is 2. The summed E-state index contributed by atoms with van der Waals surface area (Å²) in [6, 6.07) is 0. The van der Waals surface area contributed by atoms with E-state index in [4.69, 9.17) is 9.47 Å². The average molecular weight is 1030 g/mol. The van der Waals surface area contributed by atoms with Gasteiger partial charge in [0.1, 0.15) is 24.4 Å². The fourth-order valence-electron chi connectivity index (χ4n) is 10.1. The van der Waals surface area contributed by atoms with Crippen LogP contribution in [0.5, 0.6) is 0 Å². The Labute approximate surface area is 418 Å².